The van der Waals surface area contributed by atoms with Gasteiger partial charge in [0.15, 0.2) is 0 Å². The molecule has 1 aliphatic rings. The van der Waals surface area contributed by atoms with E-state index in [4.69, 9.17) is 17.3 Å². The van der Waals surface area contributed by atoms with Gasteiger partial charge in [0.25, 0.3) is 0 Å². The Labute approximate surface area is 103 Å². The molecule has 84 valence electrons. The van der Waals surface area contributed by atoms with E-state index >= 15 is 0 Å². The van der Waals surface area contributed by atoms with Crippen LogP contribution in [0.25, 0.3) is 10.2 Å². The fourth-order valence-electron chi connectivity index (χ4n) is 1.94. The van der Waals surface area contributed by atoms with Crippen molar-refractivity contribution in [3.05, 3.63) is 28.2 Å². The molecule has 1 heterocycles. The lowest BCUT2D eigenvalue weighted by molar-refractivity contribution is 0.590. The maximum atomic E-state index is 6.12. The van der Waals surface area contributed by atoms with Gasteiger partial charge in [-0.05, 0) is 30.9 Å². The molecule has 0 spiro atoms. The molecule has 1 aromatic carbocycles. The Morgan fingerprint density at radius 1 is 1.50 bits per heavy atom. The van der Waals surface area contributed by atoms with Crippen LogP contribution >= 0.6 is 22.9 Å². The molecule has 0 bridgehead atoms. The third-order valence-corrected chi connectivity index (χ3v) is 4.60. The zero-order valence-corrected chi connectivity index (χ0v) is 10.4. The van der Waals surface area contributed by atoms with Crippen LogP contribution in [0.1, 0.15) is 17.8 Å². The SMILES string of the molecule is NC(Cc1nc2cccc(Cl)c2s1)C1CC1. The Morgan fingerprint density at radius 2 is 2.31 bits per heavy atom. The van der Waals surface area contributed by atoms with Crippen molar-refractivity contribution in [2.75, 3.05) is 0 Å². The summed E-state index contributed by atoms with van der Waals surface area (Å²) >= 11 is 7.80. The summed E-state index contributed by atoms with van der Waals surface area (Å²) < 4.78 is 1.09. The van der Waals surface area contributed by atoms with Gasteiger partial charge in [-0.25, -0.2) is 4.98 Å². The van der Waals surface area contributed by atoms with E-state index in [0.717, 1.165) is 32.6 Å². The molecule has 1 saturated carbocycles. The van der Waals surface area contributed by atoms with Crippen LogP contribution < -0.4 is 5.73 Å². The molecule has 0 amide bonds. The highest BCUT2D eigenvalue weighted by Gasteiger charge is 2.29. The van der Waals surface area contributed by atoms with Gasteiger partial charge in [-0.2, -0.15) is 0 Å². The van der Waals surface area contributed by atoms with Crippen LogP contribution in [0, 0.1) is 5.92 Å². The number of hydrogen-bond donors (Lipinski definition) is 1. The van der Waals surface area contributed by atoms with Gasteiger partial charge in [-0.3, -0.25) is 0 Å². The summed E-state index contributed by atoms with van der Waals surface area (Å²) in [5.74, 6) is 0.725. The van der Waals surface area contributed by atoms with Crippen molar-refractivity contribution in [2.45, 2.75) is 25.3 Å². The number of nitrogens with zero attached hydrogens (tertiary/aromatic N) is 1. The van der Waals surface area contributed by atoms with Crippen LogP contribution in [-0.4, -0.2) is 11.0 Å². The Kier molecular flexibility index (Phi) is 2.62. The molecule has 2 aromatic rings. The van der Waals surface area contributed by atoms with Crippen LogP contribution in [0.4, 0.5) is 0 Å². The summed E-state index contributed by atoms with van der Waals surface area (Å²) in [6.45, 7) is 0. The van der Waals surface area contributed by atoms with E-state index in [1.165, 1.54) is 12.8 Å². The number of benzene rings is 1. The molecule has 0 radical (unpaired) electrons. The largest absolute Gasteiger partial charge is 0.327 e. The first-order chi connectivity index (χ1) is 7.74. The quantitative estimate of drug-likeness (QED) is 0.911. The van der Waals surface area contributed by atoms with E-state index in [0.29, 0.717) is 0 Å². The van der Waals surface area contributed by atoms with Gasteiger partial charge in [0.05, 0.1) is 20.2 Å². The smallest absolute Gasteiger partial charge is 0.0954 e. The minimum absolute atomic E-state index is 0.277. The van der Waals surface area contributed by atoms with Crippen LogP contribution in [0.5, 0.6) is 0 Å². The van der Waals surface area contributed by atoms with E-state index in [9.17, 15) is 0 Å². The molecule has 0 saturated heterocycles. The van der Waals surface area contributed by atoms with Crippen LogP contribution in [0.2, 0.25) is 5.02 Å². The lowest BCUT2D eigenvalue weighted by Crippen LogP contribution is -2.24. The summed E-state index contributed by atoms with van der Waals surface area (Å²) in [5, 5.41) is 1.91. The van der Waals surface area contributed by atoms with Gasteiger partial charge >= 0.3 is 0 Å². The van der Waals surface area contributed by atoms with Crippen molar-refractivity contribution in [1.29, 1.82) is 0 Å². The lowest BCUT2D eigenvalue weighted by atomic mass is 10.1. The van der Waals surface area contributed by atoms with E-state index < -0.39 is 0 Å². The second kappa shape index (κ2) is 3.99. The molecule has 1 aliphatic carbocycles. The number of nitrogens with two attached hydrogens (primary N) is 1. The summed E-state index contributed by atoms with van der Waals surface area (Å²) in [7, 11) is 0. The fourth-order valence-corrected chi connectivity index (χ4v) is 3.27. The Hall–Kier alpha value is -0.640. The molecule has 0 aliphatic heterocycles. The van der Waals surface area contributed by atoms with Crippen molar-refractivity contribution in [1.82, 2.24) is 4.98 Å². The number of halogens is 1. The predicted molar refractivity (Wildman–Crippen MR) is 69.0 cm³/mol. The highest BCUT2D eigenvalue weighted by atomic mass is 35.5. The van der Waals surface area contributed by atoms with E-state index in [1.54, 1.807) is 11.3 Å². The topological polar surface area (TPSA) is 38.9 Å². The first-order valence-corrected chi connectivity index (χ1v) is 6.73. The molecule has 1 atom stereocenters. The van der Waals surface area contributed by atoms with Gasteiger partial charge in [0.1, 0.15) is 0 Å². The molecule has 1 unspecified atom stereocenters. The third-order valence-electron chi connectivity index (χ3n) is 3.05. The zero-order valence-electron chi connectivity index (χ0n) is 8.82. The maximum absolute atomic E-state index is 6.12. The van der Waals surface area contributed by atoms with Crippen molar-refractivity contribution < 1.29 is 0 Å². The highest BCUT2D eigenvalue weighted by molar-refractivity contribution is 7.19. The van der Waals surface area contributed by atoms with E-state index in [-0.39, 0.29) is 6.04 Å². The van der Waals surface area contributed by atoms with Crippen LogP contribution in [-0.2, 0) is 6.42 Å². The van der Waals surface area contributed by atoms with E-state index in [1.807, 2.05) is 18.2 Å². The second-order valence-electron chi connectivity index (χ2n) is 4.40. The summed E-state index contributed by atoms with van der Waals surface area (Å²) in [5.41, 5.74) is 7.10. The number of thiazole rings is 1. The average Bonchev–Trinajstić information content (AvgIpc) is 3.01. The van der Waals surface area contributed by atoms with Gasteiger partial charge in [0.2, 0.25) is 0 Å². The zero-order chi connectivity index (χ0) is 11.1. The average molecular weight is 253 g/mol. The molecule has 2 nitrogen and oxygen atoms in total. The molecule has 2 N–H and O–H groups in total. The van der Waals surface area contributed by atoms with Crippen molar-refractivity contribution in [3.8, 4) is 0 Å². The Morgan fingerprint density at radius 3 is 3.00 bits per heavy atom. The lowest BCUT2D eigenvalue weighted by Gasteiger charge is -2.06. The molecular weight excluding hydrogens is 240 g/mol. The number of aromatic nitrogens is 1. The standard InChI is InChI=1S/C12H13ClN2S/c13-8-2-1-3-10-12(8)16-11(15-10)6-9(14)7-4-5-7/h1-3,7,9H,4-6,14H2. The summed E-state index contributed by atoms with van der Waals surface area (Å²) in [4.78, 5) is 4.58. The first kappa shape index (κ1) is 10.5. The highest BCUT2D eigenvalue weighted by Crippen LogP contribution is 2.35. The number of fused-ring (bicyclic) bond motifs is 1. The monoisotopic (exact) mass is 252 g/mol. The van der Waals surface area contributed by atoms with Crippen LogP contribution in [0.3, 0.4) is 0 Å². The Bertz CT molecular complexity index is 519. The van der Waals surface area contributed by atoms with Crippen molar-refractivity contribution >= 4 is 33.2 Å². The predicted octanol–water partition coefficient (Wildman–Crippen LogP) is 3.23. The number of hydrogen-bond acceptors (Lipinski definition) is 3. The molecule has 1 fully saturated rings. The van der Waals surface area contributed by atoms with Gasteiger partial charge in [0, 0.05) is 12.5 Å². The molecule has 16 heavy (non-hydrogen) atoms. The normalized spacial score (nSPS) is 17.9. The first-order valence-electron chi connectivity index (χ1n) is 5.53. The van der Waals surface area contributed by atoms with Crippen LogP contribution in [0.15, 0.2) is 18.2 Å². The Balaban J connectivity index is 1.89. The maximum Gasteiger partial charge on any atom is 0.0954 e. The van der Waals surface area contributed by atoms with Crippen molar-refractivity contribution in [3.63, 3.8) is 0 Å². The molecule has 4 heteroatoms. The summed E-state index contributed by atoms with van der Waals surface area (Å²) in [6, 6.07) is 6.13. The minimum Gasteiger partial charge on any atom is -0.327 e. The number of rotatable bonds is 3. The fraction of sp³-hybridized carbons (Fsp3) is 0.417. The van der Waals surface area contributed by atoms with Gasteiger partial charge in [-0.15, -0.1) is 11.3 Å². The molecule has 1 aromatic heterocycles. The summed E-state index contributed by atoms with van der Waals surface area (Å²) in [6.07, 6.45) is 3.46. The second-order valence-corrected chi connectivity index (χ2v) is 5.89. The molecular formula is C12H13ClN2S. The van der Waals surface area contributed by atoms with Gasteiger partial charge in [-0.1, -0.05) is 17.7 Å². The minimum atomic E-state index is 0.277. The molecule has 3 rings (SSSR count). The van der Waals surface area contributed by atoms with Gasteiger partial charge < -0.3 is 5.73 Å². The third kappa shape index (κ3) is 1.95. The van der Waals surface area contributed by atoms with E-state index in [2.05, 4.69) is 4.98 Å². The van der Waals surface area contributed by atoms with Crippen molar-refractivity contribution in [2.24, 2.45) is 11.7 Å².